The number of hydrogen-bond donors (Lipinski definition) is 0. The van der Waals surface area contributed by atoms with Gasteiger partial charge < -0.3 is 9.47 Å². The SMILES string of the molecule is COc1ccccc1COC(=O)/C(C#N)=C/c1ccc(C)cc1. The highest BCUT2D eigenvalue weighted by molar-refractivity contribution is 5.97. The first-order valence-electron chi connectivity index (χ1n) is 7.11. The molecular formula is C19H17NO3. The van der Waals surface area contributed by atoms with Crippen molar-refractivity contribution in [2.75, 3.05) is 7.11 Å². The summed E-state index contributed by atoms with van der Waals surface area (Å²) in [4.78, 5) is 12.1. The summed E-state index contributed by atoms with van der Waals surface area (Å²) in [5, 5.41) is 9.17. The third kappa shape index (κ3) is 4.45. The molecule has 0 aromatic heterocycles. The summed E-state index contributed by atoms with van der Waals surface area (Å²) < 4.78 is 10.4. The average molecular weight is 307 g/mol. The summed E-state index contributed by atoms with van der Waals surface area (Å²) in [6, 6.07) is 16.7. The van der Waals surface area contributed by atoms with E-state index in [4.69, 9.17) is 14.7 Å². The van der Waals surface area contributed by atoms with Gasteiger partial charge in [0, 0.05) is 5.56 Å². The molecule has 0 amide bonds. The van der Waals surface area contributed by atoms with Crippen molar-refractivity contribution in [3.8, 4) is 11.8 Å². The minimum absolute atomic E-state index is 0.0382. The fourth-order valence-corrected chi connectivity index (χ4v) is 2.01. The molecule has 0 unspecified atom stereocenters. The van der Waals surface area contributed by atoms with Gasteiger partial charge in [-0.05, 0) is 24.6 Å². The minimum atomic E-state index is -0.654. The van der Waals surface area contributed by atoms with Crippen LogP contribution in [0.5, 0.6) is 5.75 Å². The summed E-state index contributed by atoms with van der Waals surface area (Å²) in [6.07, 6.45) is 1.52. The second-order valence-electron chi connectivity index (χ2n) is 4.97. The Morgan fingerprint density at radius 2 is 1.87 bits per heavy atom. The van der Waals surface area contributed by atoms with Crippen molar-refractivity contribution in [3.05, 3.63) is 70.8 Å². The first kappa shape index (κ1) is 16.3. The van der Waals surface area contributed by atoms with Crippen LogP contribution in [0.2, 0.25) is 0 Å². The molecule has 2 aromatic rings. The molecule has 0 N–H and O–H groups in total. The van der Waals surface area contributed by atoms with Crippen molar-refractivity contribution in [1.82, 2.24) is 0 Å². The molecule has 0 aliphatic rings. The number of ether oxygens (including phenoxy) is 2. The van der Waals surface area contributed by atoms with Crippen molar-refractivity contribution < 1.29 is 14.3 Å². The van der Waals surface area contributed by atoms with E-state index in [1.54, 1.807) is 13.2 Å². The zero-order valence-electron chi connectivity index (χ0n) is 13.1. The van der Waals surface area contributed by atoms with Crippen LogP contribution in [0.3, 0.4) is 0 Å². The zero-order chi connectivity index (χ0) is 16.7. The van der Waals surface area contributed by atoms with E-state index in [2.05, 4.69) is 0 Å². The topological polar surface area (TPSA) is 59.3 Å². The number of para-hydroxylation sites is 1. The molecule has 0 fully saturated rings. The molecule has 0 aliphatic heterocycles. The fraction of sp³-hybridized carbons (Fsp3) is 0.158. The Bertz CT molecular complexity index is 755. The number of methoxy groups -OCH3 is 1. The zero-order valence-corrected chi connectivity index (χ0v) is 13.1. The number of hydrogen-bond acceptors (Lipinski definition) is 4. The molecule has 2 rings (SSSR count). The van der Waals surface area contributed by atoms with Crippen LogP contribution in [0, 0.1) is 18.3 Å². The summed E-state index contributed by atoms with van der Waals surface area (Å²) in [5.74, 6) is -0.0136. The highest BCUT2D eigenvalue weighted by atomic mass is 16.5. The summed E-state index contributed by atoms with van der Waals surface area (Å²) in [5.41, 5.74) is 2.60. The van der Waals surface area contributed by atoms with E-state index in [1.807, 2.05) is 55.5 Å². The van der Waals surface area contributed by atoms with Gasteiger partial charge in [0.1, 0.15) is 24.0 Å². The van der Waals surface area contributed by atoms with Crippen molar-refractivity contribution in [1.29, 1.82) is 5.26 Å². The molecule has 0 bridgehead atoms. The molecule has 2 aromatic carbocycles. The normalized spacial score (nSPS) is 10.7. The lowest BCUT2D eigenvalue weighted by Gasteiger charge is -2.08. The number of benzene rings is 2. The van der Waals surface area contributed by atoms with Gasteiger partial charge in [0.25, 0.3) is 0 Å². The Kier molecular flexibility index (Phi) is 5.54. The molecule has 23 heavy (non-hydrogen) atoms. The van der Waals surface area contributed by atoms with Crippen molar-refractivity contribution in [2.24, 2.45) is 0 Å². The van der Waals surface area contributed by atoms with Crippen LogP contribution in [0.15, 0.2) is 54.1 Å². The maximum Gasteiger partial charge on any atom is 0.349 e. The first-order valence-corrected chi connectivity index (χ1v) is 7.11. The summed E-state index contributed by atoms with van der Waals surface area (Å²) in [6.45, 7) is 2.02. The van der Waals surface area contributed by atoms with Gasteiger partial charge >= 0.3 is 5.97 Å². The second kappa shape index (κ2) is 7.81. The lowest BCUT2D eigenvalue weighted by atomic mass is 10.1. The van der Waals surface area contributed by atoms with Crippen LogP contribution in [0.1, 0.15) is 16.7 Å². The fourth-order valence-electron chi connectivity index (χ4n) is 2.01. The van der Waals surface area contributed by atoms with E-state index < -0.39 is 5.97 Å². The van der Waals surface area contributed by atoms with E-state index in [9.17, 15) is 4.79 Å². The predicted octanol–water partition coefficient (Wildman–Crippen LogP) is 3.65. The minimum Gasteiger partial charge on any atom is -0.496 e. The van der Waals surface area contributed by atoms with Crippen LogP contribution < -0.4 is 4.74 Å². The largest absolute Gasteiger partial charge is 0.496 e. The molecule has 0 saturated heterocycles. The predicted molar refractivity (Wildman–Crippen MR) is 87.6 cm³/mol. The maximum atomic E-state index is 12.1. The second-order valence-corrected chi connectivity index (χ2v) is 4.97. The van der Waals surface area contributed by atoms with Gasteiger partial charge in [0.2, 0.25) is 0 Å². The lowest BCUT2D eigenvalue weighted by molar-refractivity contribution is -0.139. The van der Waals surface area contributed by atoms with Crippen molar-refractivity contribution in [3.63, 3.8) is 0 Å². The molecule has 0 spiro atoms. The third-order valence-corrected chi connectivity index (χ3v) is 3.28. The van der Waals surface area contributed by atoms with Gasteiger partial charge in [0.05, 0.1) is 7.11 Å². The maximum absolute atomic E-state index is 12.1. The Morgan fingerprint density at radius 1 is 1.17 bits per heavy atom. The van der Waals surface area contributed by atoms with E-state index in [1.165, 1.54) is 6.08 Å². The van der Waals surface area contributed by atoms with Crippen LogP contribution in [0.25, 0.3) is 6.08 Å². The molecule has 0 aliphatic carbocycles. The molecule has 0 atom stereocenters. The monoisotopic (exact) mass is 307 g/mol. The number of carbonyl (C=O) groups is 1. The highest BCUT2D eigenvalue weighted by Crippen LogP contribution is 2.19. The number of rotatable bonds is 5. The Labute approximate surface area is 135 Å². The van der Waals surface area contributed by atoms with Gasteiger partial charge in [-0.3, -0.25) is 0 Å². The smallest absolute Gasteiger partial charge is 0.349 e. The van der Waals surface area contributed by atoms with Crippen molar-refractivity contribution >= 4 is 12.0 Å². The highest BCUT2D eigenvalue weighted by Gasteiger charge is 2.12. The Hall–Kier alpha value is -3.06. The molecule has 116 valence electrons. The van der Waals surface area contributed by atoms with Gasteiger partial charge in [-0.25, -0.2) is 4.79 Å². The van der Waals surface area contributed by atoms with Crippen LogP contribution >= 0.6 is 0 Å². The van der Waals surface area contributed by atoms with Crippen molar-refractivity contribution in [2.45, 2.75) is 13.5 Å². The number of esters is 1. The summed E-state index contributed by atoms with van der Waals surface area (Å²) >= 11 is 0. The average Bonchev–Trinajstić information content (AvgIpc) is 2.59. The molecule has 0 saturated carbocycles. The van der Waals surface area contributed by atoms with Gasteiger partial charge in [-0.1, -0.05) is 48.0 Å². The number of carbonyl (C=O) groups excluding carboxylic acids is 1. The standard InChI is InChI=1S/C19H17NO3/c1-14-7-9-15(10-8-14)11-17(12-20)19(21)23-13-16-5-3-4-6-18(16)22-2/h3-11H,13H2,1-2H3/b17-11+. The van der Waals surface area contributed by atoms with Gasteiger partial charge in [0.15, 0.2) is 0 Å². The van der Waals surface area contributed by atoms with E-state index in [-0.39, 0.29) is 12.2 Å². The van der Waals surface area contributed by atoms with E-state index in [0.717, 1.165) is 16.7 Å². The molecule has 4 heteroatoms. The molecule has 0 radical (unpaired) electrons. The number of nitriles is 1. The summed E-state index contributed by atoms with van der Waals surface area (Å²) in [7, 11) is 1.55. The van der Waals surface area contributed by atoms with Gasteiger partial charge in [-0.2, -0.15) is 5.26 Å². The van der Waals surface area contributed by atoms with Gasteiger partial charge in [-0.15, -0.1) is 0 Å². The van der Waals surface area contributed by atoms with E-state index in [0.29, 0.717) is 5.75 Å². The van der Waals surface area contributed by atoms with E-state index >= 15 is 0 Å². The quantitative estimate of drug-likeness (QED) is 0.480. The Balaban J connectivity index is 2.09. The number of nitrogens with zero attached hydrogens (tertiary/aromatic N) is 1. The third-order valence-electron chi connectivity index (χ3n) is 3.28. The lowest BCUT2D eigenvalue weighted by Crippen LogP contribution is -2.07. The van der Waals surface area contributed by atoms with Crippen LogP contribution in [0.4, 0.5) is 0 Å². The molecule has 0 heterocycles. The number of aryl methyl sites for hydroxylation is 1. The van der Waals surface area contributed by atoms with Crippen LogP contribution in [-0.2, 0) is 16.1 Å². The Morgan fingerprint density at radius 3 is 2.52 bits per heavy atom. The molecular weight excluding hydrogens is 290 g/mol. The first-order chi connectivity index (χ1) is 11.1. The van der Waals surface area contributed by atoms with Crippen LogP contribution in [-0.4, -0.2) is 13.1 Å². The molecule has 4 nitrogen and oxygen atoms in total.